The highest BCUT2D eigenvalue weighted by atomic mass is 35.5. The van der Waals surface area contributed by atoms with Crippen LogP contribution in [0.25, 0.3) is 0 Å². The molecule has 1 aromatic heterocycles. The summed E-state index contributed by atoms with van der Waals surface area (Å²) in [6.45, 7) is 0.461. The van der Waals surface area contributed by atoms with E-state index in [4.69, 9.17) is 16.0 Å². The van der Waals surface area contributed by atoms with Crippen LogP contribution >= 0.6 is 23.4 Å². The summed E-state index contributed by atoms with van der Waals surface area (Å²) in [5.41, 5.74) is 0.809. The predicted molar refractivity (Wildman–Crippen MR) is 74.8 cm³/mol. The normalized spacial score (nSPS) is 10.9. The van der Waals surface area contributed by atoms with E-state index in [1.165, 1.54) is 0 Å². The van der Waals surface area contributed by atoms with E-state index in [1.807, 2.05) is 18.2 Å². The molecular weight excluding hydrogens is 292 g/mol. The molecule has 0 aliphatic carbocycles. The van der Waals surface area contributed by atoms with Gasteiger partial charge in [0.05, 0.1) is 23.0 Å². The molecule has 2 nitrogen and oxygen atoms in total. The zero-order chi connectivity index (χ0) is 13.7. The van der Waals surface area contributed by atoms with Crippen LogP contribution in [0.2, 0.25) is 5.02 Å². The Balaban J connectivity index is 1.88. The number of benzene rings is 1. The van der Waals surface area contributed by atoms with Crippen LogP contribution in [0.3, 0.4) is 0 Å². The lowest BCUT2D eigenvalue weighted by Crippen LogP contribution is -1.98. The van der Waals surface area contributed by atoms with E-state index >= 15 is 0 Å². The highest BCUT2D eigenvalue weighted by Gasteiger charge is 2.07. The van der Waals surface area contributed by atoms with E-state index in [2.05, 4.69) is 5.32 Å². The van der Waals surface area contributed by atoms with Gasteiger partial charge in [0, 0.05) is 0 Å². The molecule has 0 amide bonds. The Morgan fingerprint density at radius 1 is 1.16 bits per heavy atom. The largest absolute Gasteiger partial charge is 0.463 e. The zero-order valence-electron chi connectivity index (χ0n) is 9.91. The molecule has 6 heteroatoms. The third-order valence-electron chi connectivity index (χ3n) is 2.40. The van der Waals surface area contributed by atoms with E-state index in [1.54, 1.807) is 18.2 Å². The topological polar surface area (TPSA) is 25.2 Å². The van der Waals surface area contributed by atoms with Gasteiger partial charge in [0.15, 0.2) is 0 Å². The molecule has 0 spiro atoms. The van der Waals surface area contributed by atoms with Gasteiger partial charge in [-0.3, -0.25) is 0 Å². The fraction of sp³-hybridized carbons (Fsp3) is 0.231. The van der Waals surface area contributed by atoms with E-state index in [0.717, 1.165) is 5.69 Å². The Morgan fingerprint density at radius 2 is 1.89 bits per heavy atom. The molecule has 1 aromatic carbocycles. The van der Waals surface area contributed by atoms with Crippen molar-refractivity contribution in [3.8, 4) is 0 Å². The van der Waals surface area contributed by atoms with Crippen molar-refractivity contribution in [2.75, 3.05) is 5.32 Å². The first kappa shape index (κ1) is 14.2. The van der Waals surface area contributed by atoms with Crippen molar-refractivity contribution in [2.24, 2.45) is 0 Å². The van der Waals surface area contributed by atoms with Crippen LogP contribution in [0.1, 0.15) is 11.5 Å². The molecule has 0 bridgehead atoms. The summed E-state index contributed by atoms with van der Waals surface area (Å²) in [7, 11) is 0. The highest BCUT2D eigenvalue weighted by molar-refractivity contribution is 7.98. The molecule has 0 atom stereocenters. The number of furan rings is 1. The number of thioether (sulfide) groups is 1. The quantitative estimate of drug-likeness (QED) is 0.813. The molecule has 0 aliphatic heterocycles. The third kappa shape index (κ3) is 4.44. The van der Waals surface area contributed by atoms with Crippen LogP contribution < -0.4 is 5.32 Å². The Labute approximate surface area is 119 Å². The summed E-state index contributed by atoms with van der Waals surface area (Å²) in [5.74, 6) is -0.982. The monoisotopic (exact) mass is 303 g/mol. The maximum Gasteiger partial charge on any atom is 0.284 e. The lowest BCUT2D eigenvalue weighted by molar-refractivity contribution is 0.251. The summed E-state index contributed by atoms with van der Waals surface area (Å²) in [6.07, 6.45) is 0. The minimum Gasteiger partial charge on any atom is -0.463 e. The van der Waals surface area contributed by atoms with Crippen molar-refractivity contribution in [3.63, 3.8) is 0 Å². The lowest BCUT2D eigenvalue weighted by atomic mass is 10.3. The molecule has 0 fully saturated rings. The Kier molecular flexibility index (Phi) is 5.10. The van der Waals surface area contributed by atoms with Gasteiger partial charge in [-0.15, -0.1) is 0 Å². The minimum atomic E-state index is -2.38. The van der Waals surface area contributed by atoms with Crippen LogP contribution in [0.5, 0.6) is 0 Å². The molecular formula is C13H12ClF2NOS. The van der Waals surface area contributed by atoms with Crippen LogP contribution in [-0.4, -0.2) is 5.76 Å². The Morgan fingerprint density at radius 3 is 2.63 bits per heavy atom. The van der Waals surface area contributed by atoms with Gasteiger partial charge in [0.2, 0.25) is 0 Å². The van der Waals surface area contributed by atoms with Crippen LogP contribution in [0.4, 0.5) is 14.5 Å². The van der Waals surface area contributed by atoms with Crippen LogP contribution in [0, 0.1) is 0 Å². The molecule has 19 heavy (non-hydrogen) atoms. The van der Waals surface area contributed by atoms with Gasteiger partial charge >= 0.3 is 0 Å². The smallest absolute Gasteiger partial charge is 0.284 e. The van der Waals surface area contributed by atoms with Crippen LogP contribution in [0.15, 0.2) is 40.8 Å². The fourth-order valence-electron chi connectivity index (χ4n) is 1.53. The number of para-hydroxylation sites is 1. The molecule has 1 N–H and O–H groups in total. The number of halogens is 3. The first-order valence-electron chi connectivity index (χ1n) is 5.61. The first-order chi connectivity index (χ1) is 9.15. The van der Waals surface area contributed by atoms with E-state index in [9.17, 15) is 8.78 Å². The second-order valence-electron chi connectivity index (χ2n) is 3.77. The number of rotatable bonds is 6. The zero-order valence-corrected chi connectivity index (χ0v) is 11.5. The van der Waals surface area contributed by atoms with E-state index in [-0.39, 0.29) is 5.75 Å². The molecule has 2 aromatic rings. The molecule has 1 heterocycles. The predicted octanol–water partition coefficient (Wildman–Crippen LogP) is 5.00. The summed E-state index contributed by atoms with van der Waals surface area (Å²) in [5, 5.41) is 3.75. The van der Waals surface area contributed by atoms with Crippen molar-refractivity contribution in [2.45, 2.75) is 18.1 Å². The number of hydrogen-bond acceptors (Lipinski definition) is 3. The van der Waals surface area contributed by atoms with Gasteiger partial charge in [-0.05, 0) is 24.3 Å². The SMILES string of the molecule is FC(F)SCc1ccc(CNc2ccccc2Cl)o1. The number of anilines is 1. The van der Waals surface area contributed by atoms with Crippen molar-refractivity contribution in [1.82, 2.24) is 0 Å². The summed E-state index contributed by atoms with van der Waals surface area (Å²) >= 11 is 6.55. The summed E-state index contributed by atoms with van der Waals surface area (Å²) < 4.78 is 29.5. The maximum atomic E-state index is 12.0. The molecule has 0 aliphatic rings. The minimum absolute atomic E-state index is 0.170. The molecule has 0 saturated carbocycles. The molecule has 102 valence electrons. The number of hydrogen-bond donors (Lipinski definition) is 1. The lowest BCUT2D eigenvalue weighted by Gasteiger charge is -2.06. The van der Waals surface area contributed by atoms with Crippen molar-refractivity contribution in [1.29, 1.82) is 0 Å². The Bertz CT molecular complexity index is 533. The third-order valence-corrected chi connectivity index (χ3v) is 3.43. The average molecular weight is 304 g/mol. The summed E-state index contributed by atoms with van der Waals surface area (Å²) in [6, 6.07) is 10.8. The van der Waals surface area contributed by atoms with Gasteiger partial charge in [0.1, 0.15) is 11.5 Å². The maximum absolute atomic E-state index is 12.0. The van der Waals surface area contributed by atoms with Crippen molar-refractivity contribution >= 4 is 29.1 Å². The van der Waals surface area contributed by atoms with Gasteiger partial charge < -0.3 is 9.73 Å². The molecule has 2 rings (SSSR count). The first-order valence-corrected chi connectivity index (χ1v) is 7.03. The van der Waals surface area contributed by atoms with Gasteiger partial charge in [-0.1, -0.05) is 35.5 Å². The van der Waals surface area contributed by atoms with Gasteiger partial charge in [-0.2, -0.15) is 8.78 Å². The second-order valence-corrected chi connectivity index (χ2v) is 5.16. The number of nitrogens with one attached hydrogen (secondary N) is 1. The molecule has 0 saturated heterocycles. The fourth-order valence-corrected chi connectivity index (χ4v) is 2.17. The Hall–Kier alpha value is -1.20. The van der Waals surface area contributed by atoms with E-state index < -0.39 is 5.76 Å². The second kappa shape index (κ2) is 6.82. The average Bonchev–Trinajstić information content (AvgIpc) is 2.83. The molecule has 0 unspecified atom stereocenters. The van der Waals surface area contributed by atoms with Gasteiger partial charge in [0.25, 0.3) is 5.76 Å². The van der Waals surface area contributed by atoms with Crippen molar-refractivity contribution < 1.29 is 13.2 Å². The van der Waals surface area contributed by atoms with Crippen molar-refractivity contribution in [3.05, 3.63) is 52.9 Å². The van der Waals surface area contributed by atoms with E-state index in [0.29, 0.717) is 34.8 Å². The summed E-state index contributed by atoms with van der Waals surface area (Å²) in [4.78, 5) is 0. The number of alkyl halides is 2. The van der Waals surface area contributed by atoms with Gasteiger partial charge in [-0.25, -0.2) is 0 Å². The van der Waals surface area contributed by atoms with Crippen LogP contribution in [-0.2, 0) is 12.3 Å². The standard InChI is InChI=1S/C13H12ClF2NOS/c14-11-3-1-2-4-12(11)17-7-9-5-6-10(18-9)8-19-13(15)16/h1-6,13,17H,7-8H2. The highest BCUT2D eigenvalue weighted by Crippen LogP contribution is 2.23. The molecule has 0 radical (unpaired) electrons.